The number of nitrogen functional groups attached to an aromatic ring is 1. The number of nitrogens with two attached hydrogens (primary N) is 1. The van der Waals surface area contributed by atoms with E-state index in [4.69, 9.17) is 10.8 Å². The van der Waals surface area contributed by atoms with Gasteiger partial charge in [-0.05, 0) is 38.2 Å². The highest BCUT2D eigenvalue weighted by molar-refractivity contribution is 5.88. The third kappa shape index (κ3) is 3.45. The van der Waals surface area contributed by atoms with Crippen molar-refractivity contribution in [3.8, 4) is 0 Å². The van der Waals surface area contributed by atoms with Gasteiger partial charge in [-0.15, -0.1) is 0 Å². The molecule has 1 aromatic carbocycles. The van der Waals surface area contributed by atoms with E-state index in [1.54, 1.807) is 4.68 Å². The van der Waals surface area contributed by atoms with Crippen LogP contribution in [0.1, 0.15) is 67.0 Å². The fraction of sp³-hybridized carbons (Fsp3) is 0.375. The molecule has 1 fully saturated rings. The number of hydrogen-bond donors (Lipinski definition) is 1. The molecule has 0 spiro atoms. The van der Waals surface area contributed by atoms with Crippen molar-refractivity contribution in [2.24, 2.45) is 0 Å². The maximum atomic E-state index is 13.7. The minimum atomic E-state index is -0.206. The molecule has 8 nitrogen and oxygen atoms in total. The summed E-state index contributed by atoms with van der Waals surface area (Å²) >= 11 is 0. The van der Waals surface area contributed by atoms with Gasteiger partial charge in [0.15, 0.2) is 5.65 Å². The van der Waals surface area contributed by atoms with Crippen LogP contribution in [0.25, 0.3) is 11.0 Å². The highest BCUT2D eigenvalue weighted by Gasteiger charge is 2.28. The third-order valence-corrected chi connectivity index (χ3v) is 6.56. The van der Waals surface area contributed by atoms with E-state index in [1.165, 1.54) is 6.33 Å². The summed E-state index contributed by atoms with van der Waals surface area (Å²) in [5.41, 5.74) is 10.4. The summed E-state index contributed by atoms with van der Waals surface area (Å²) < 4.78 is 3.44. The van der Waals surface area contributed by atoms with E-state index < -0.39 is 0 Å². The standard InChI is InChI=1S/C24H27N7O/c1-15-20-22(25)26-14-27-23(20)31(29-15)16(2)19-12-28-30(13-17-8-4-3-5-9-17)24(32)21(19)18-10-6-7-11-18/h3-5,8-9,12,14,16,18H,6-7,10-11,13H2,1-2H3,(H2,25,26,27). The second kappa shape index (κ2) is 8.18. The van der Waals surface area contributed by atoms with E-state index in [-0.39, 0.29) is 17.5 Å². The van der Waals surface area contributed by atoms with Crippen molar-refractivity contribution in [3.63, 3.8) is 0 Å². The zero-order valence-corrected chi connectivity index (χ0v) is 18.4. The molecule has 3 heterocycles. The molecule has 164 valence electrons. The van der Waals surface area contributed by atoms with Gasteiger partial charge in [0.1, 0.15) is 12.1 Å². The minimum Gasteiger partial charge on any atom is -0.383 e. The molecule has 0 amide bonds. The maximum absolute atomic E-state index is 13.7. The lowest BCUT2D eigenvalue weighted by molar-refractivity contribution is 0.535. The van der Waals surface area contributed by atoms with Gasteiger partial charge in [0.2, 0.25) is 0 Å². The van der Waals surface area contributed by atoms with E-state index in [0.717, 1.165) is 53.5 Å². The van der Waals surface area contributed by atoms with Crippen molar-refractivity contribution in [1.82, 2.24) is 29.5 Å². The summed E-state index contributed by atoms with van der Waals surface area (Å²) in [5.74, 6) is 0.658. The molecule has 3 aromatic heterocycles. The lowest BCUT2D eigenvalue weighted by Crippen LogP contribution is -2.31. The number of aryl methyl sites for hydroxylation is 1. The molecule has 1 unspecified atom stereocenters. The molecule has 2 N–H and O–H groups in total. The predicted molar refractivity (Wildman–Crippen MR) is 124 cm³/mol. The molecule has 4 aromatic rings. The van der Waals surface area contributed by atoms with Gasteiger partial charge in [0, 0.05) is 11.1 Å². The first kappa shape index (κ1) is 20.4. The topological polar surface area (TPSA) is 105 Å². The van der Waals surface area contributed by atoms with E-state index in [1.807, 2.05) is 55.1 Å². The van der Waals surface area contributed by atoms with Crippen LogP contribution in [0, 0.1) is 6.92 Å². The van der Waals surface area contributed by atoms with Crippen molar-refractivity contribution in [2.75, 3.05) is 5.73 Å². The van der Waals surface area contributed by atoms with Gasteiger partial charge in [-0.3, -0.25) is 4.79 Å². The van der Waals surface area contributed by atoms with E-state index in [0.29, 0.717) is 18.0 Å². The maximum Gasteiger partial charge on any atom is 0.270 e. The van der Waals surface area contributed by atoms with Gasteiger partial charge in [-0.1, -0.05) is 43.2 Å². The fourth-order valence-corrected chi connectivity index (χ4v) is 4.91. The predicted octanol–water partition coefficient (Wildman–Crippen LogP) is 3.59. The average molecular weight is 430 g/mol. The number of rotatable bonds is 5. The normalized spacial score (nSPS) is 15.4. The Bertz CT molecular complexity index is 1320. The smallest absolute Gasteiger partial charge is 0.270 e. The van der Waals surface area contributed by atoms with E-state index in [9.17, 15) is 4.79 Å². The van der Waals surface area contributed by atoms with Crippen LogP contribution >= 0.6 is 0 Å². The Morgan fingerprint density at radius 3 is 2.66 bits per heavy atom. The molecule has 8 heteroatoms. The summed E-state index contributed by atoms with van der Waals surface area (Å²) in [6, 6.07) is 9.76. The zero-order chi connectivity index (χ0) is 22.2. The van der Waals surface area contributed by atoms with Crippen LogP contribution in [0.5, 0.6) is 0 Å². The first-order valence-electron chi connectivity index (χ1n) is 11.1. The van der Waals surface area contributed by atoms with Crippen molar-refractivity contribution in [1.29, 1.82) is 0 Å². The Balaban J connectivity index is 1.63. The van der Waals surface area contributed by atoms with Gasteiger partial charge in [-0.25, -0.2) is 19.3 Å². The molecule has 0 radical (unpaired) electrons. The highest BCUT2D eigenvalue weighted by atomic mass is 16.1. The lowest BCUT2D eigenvalue weighted by Gasteiger charge is -2.21. The minimum absolute atomic E-state index is 0.00701. The van der Waals surface area contributed by atoms with Gasteiger partial charge in [-0.2, -0.15) is 10.2 Å². The van der Waals surface area contributed by atoms with Crippen LogP contribution in [-0.4, -0.2) is 29.5 Å². The van der Waals surface area contributed by atoms with Gasteiger partial charge < -0.3 is 5.73 Å². The lowest BCUT2D eigenvalue weighted by atomic mass is 9.92. The van der Waals surface area contributed by atoms with Gasteiger partial charge in [0.05, 0.1) is 29.9 Å². The SMILES string of the molecule is Cc1nn(C(C)c2cnn(Cc3ccccc3)c(=O)c2C2CCCC2)c2ncnc(N)c12. The highest BCUT2D eigenvalue weighted by Crippen LogP contribution is 2.37. The van der Waals surface area contributed by atoms with E-state index >= 15 is 0 Å². The monoisotopic (exact) mass is 429 g/mol. The summed E-state index contributed by atoms with van der Waals surface area (Å²) in [4.78, 5) is 22.2. The number of benzene rings is 1. The third-order valence-electron chi connectivity index (χ3n) is 6.56. The van der Waals surface area contributed by atoms with E-state index in [2.05, 4.69) is 15.1 Å². The summed E-state index contributed by atoms with van der Waals surface area (Å²) in [5, 5.41) is 10.0. The van der Waals surface area contributed by atoms with Gasteiger partial charge >= 0.3 is 0 Å². The number of aromatic nitrogens is 6. The Morgan fingerprint density at radius 2 is 1.91 bits per heavy atom. The van der Waals surface area contributed by atoms with Crippen LogP contribution in [0.15, 0.2) is 47.7 Å². The number of anilines is 1. The number of nitrogens with zero attached hydrogens (tertiary/aromatic N) is 6. The average Bonchev–Trinajstić information content (AvgIpc) is 3.44. The van der Waals surface area contributed by atoms with Crippen molar-refractivity contribution in [3.05, 3.63) is 75.6 Å². The van der Waals surface area contributed by atoms with Crippen LogP contribution in [0.3, 0.4) is 0 Å². The molecule has 1 aliphatic carbocycles. The summed E-state index contributed by atoms with van der Waals surface area (Å²) in [6.07, 6.45) is 7.64. The first-order valence-corrected chi connectivity index (χ1v) is 11.1. The first-order chi connectivity index (χ1) is 15.5. The summed E-state index contributed by atoms with van der Waals surface area (Å²) in [7, 11) is 0. The molecule has 5 rings (SSSR count). The Hall–Kier alpha value is -3.55. The fourth-order valence-electron chi connectivity index (χ4n) is 4.91. The van der Waals surface area contributed by atoms with Gasteiger partial charge in [0.25, 0.3) is 5.56 Å². The molecule has 0 saturated heterocycles. The largest absolute Gasteiger partial charge is 0.383 e. The van der Waals surface area contributed by atoms with Crippen LogP contribution in [-0.2, 0) is 6.54 Å². The Labute approximate surface area is 186 Å². The second-order valence-corrected chi connectivity index (χ2v) is 8.61. The molecule has 1 saturated carbocycles. The number of fused-ring (bicyclic) bond motifs is 1. The van der Waals surface area contributed by atoms with Crippen LogP contribution < -0.4 is 11.3 Å². The molecular weight excluding hydrogens is 402 g/mol. The van der Waals surface area contributed by atoms with Crippen molar-refractivity contribution < 1.29 is 0 Å². The zero-order valence-electron chi connectivity index (χ0n) is 18.4. The molecule has 32 heavy (non-hydrogen) atoms. The number of hydrogen-bond acceptors (Lipinski definition) is 6. The molecule has 1 atom stereocenters. The Kier molecular flexibility index (Phi) is 5.20. The molecule has 0 bridgehead atoms. The molecular formula is C24H27N7O. The van der Waals surface area contributed by atoms with Crippen LogP contribution in [0.2, 0.25) is 0 Å². The van der Waals surface area contributed by atoms with Crippen molar-refractivity contribution >= 4 is 16.9 Å². The molecule has 0 aliphatic heterocycles. The molecule has 1 aliphatic rings. The second-order valence-electron chi connectivity index (χ2n) is 8.61. The quantitative estimate of drug-likeness (QED) is 0.520. The van der Waals surface area contributed by atoms with Crippen molar-refractivity contribution in [2.45, 2.75) is 58.0 Å². The Morgan fingerprint density at radius 1 is 1.16 bits per heavy atom. The summed E-state index contributed by atoms with van der Waals surface area (Å²) in [6.45, 7) is 4.40. The van der Waals surface area contributed by atoms with Crippen LogP contribution in [0.4, 0.5) is 5.82 Å².